The Balaban J connectivity index is 1.73. The molecule has 0 N–H and O–H groups in total. The number of hydrogen-bond donors (Lipinski definition) is 0. The van der Waals surface area contributed by atoms with E-state index in [1.54, 1.807) is 18.6 Å². The fourth-order valence-corrected chi connectivity index (χ4v) is 2.19. The van der Waals surface area contributed by atoms with Crippen molar-refractivity contribution in [2.75, 3.05) is 6.61 Å². The van der Waals surface area contributed by atoms with E-state index in [2.05, 4.69) is 15.1 Å². The minimum absolute atomic E-state index is 0.502. The van der Waals surface area contributed by atoms with Crippen molar-refractivity contribution >= 4 is 5.71 Å². The summed E-state index contributed by atoms with van der Waals surface area (Å²) in [6.45, 7) is 0.502. The number of pyridine rings is 2. The molecule has 1 aromatic carbocycles. The van der Waals surface area contributed by atoms with E-state index in [1.807, 2.05) is 60.8 Å². The summed E-state index contributed by atoms with van der Waals surface area (Å²) in [4.78, 5) is 13.8. The lowest BCUT2D eigenvalue weighted by Gasteiger charge is -2.07. The van der Waals surface area contributed by atoms with E-state index in [9.17, 15) is 0 Å². The smallest absolute Gasteiger partial charge is 0.121 e. The van der Waals surface area contributed by atoms with Crippen LogP contribution in [0.3, 0.4) is 0 Å². The van der Waals surface area contributed by atoms with E-state index >= 15 is 0 Å². The van der Waals surface area contributed by atoms with Crippen molar-refractivity contribution < 1.29 is 4.84 Å². The normalized spacial score (nSPS) is 11.2. The minimum Gasteiger partial charge on any atom is -0.395 e. The highest BCUT2D eigenvalue weighted by atomic mass is 16.6. The summed E-state index contributed by atoms with van der Waals surface area (Å²) >= 11 is 0. The van der Waals surface area contributed by atoms with Crippen LogP contribution in [0.2, 0.25) is 0 Å². The fourth-order valence-electron chi connectivity index (χ4n) is 2.19. The summed E-state index contributed by atoms with van der Waals surface area (Å²) in [6.07, 6.45) is 7.91. The van der Waals surface area contributed by atoms with Gasteiger partial charge in [0.25, 0.3) is 0 Å². The van der Waals surface area contributed by atoms with E-state index in [-0.39, 0.29) is 0 Å². The Morgan fingerprint density at radius 2 is 1.57 bits per heavy atom. The van der Waals surface area contributed by atoms with Gasteiger partial charge in [-0.2, -0.15) is 0 Å². The van der Waals surface area contributed by atoms with Gasteiger partial charge in [0.15, 0.2) is 0 Å². The van der Waals surface area contributed by atoms with Crippen molar-refractivity contribution in [3.63, 3.8) is 0 Å². The molecule has 0 aliphatic carbocycles. The van der Waals surface area contributed by atoms with Crippen molar-refractivity contribution in [1.29, 1.82) is 0 Å². The van der Waals surface area contributed by atoms with Crippen LogP contribution in [0.25, 0.3) is 0 Å². The molecular formula is C19H17N3O. The van der Waals surface area contributed by atoms with E-state index in [4.69, 9.17) is 4.84 Å². The Kier molecular flexibility index (Phi) is 5.08. The zero-order valence-electron chi connectivity index (χ0n) is 12.7. The Hall–Kier alpha value is -3.01. The molecule has 4 nitrogen and oxygen atoms in total. The van der Waals surface area contributed by atoms with Gasteiger partial charge in [0.1, 0.15) is 12.3 Å². The average molecular weight is 303 g/mol. The molecule has 2 aromatic heterocycles. The fraction of sp³-hybridized carbons (Fsp3) is 0.105. The van der Waals surface area contributed by atoms with Crippen LogP contribution >= 0.6 is 0 Å². The van der Waals surface area contributed by atoms with E-state index in [0.29, 0.717) is 6.61 Å². The lowest BCUT2D eigenvalue weighted by molar-refractivity contribution is 0.148. The highest BCUT2D eigenvalue weighted by molar-refractivity contribution is 6.12. The number of rotatable bonds is 6. The first-order chi connectivity index (χ1) is 11.4. The predicted molar refractivity (Wildman–Crippen MR) is 90.2 cm³/mol. The summed E-state index contributed by atoms with van der Waals surface area (Å²) in [7, 11) is 0. The van der Waals surface area contributed by atoms with Gasteiger partial charge in [-0.05, 0) is 23.8 Å². The molecule has 0 spiro atoms. The van der Waals surface area contributed by atoms with Crippen LogP contribution in [0.5, 0.6) is 0 Å². The van der Waals surface area contributed by atoms with Gasteiger partial charge >= 0.3 is 0 Å². The average Bonchev–Trinajstić information content (AvgIpc) is 2.64. The first-order valence-corrected chi connectivity index (χ1v) is 7.48. The summed E-state index contributed by atoms with van der Waals surface area (Å²) < 4.78 is 0. The second-order valence-electron chi connectivity index (χ2n) is 4.99. The quantitative estimate of drug-likeness (QED) is 0.398. The molecular weight excluding hydrogens is 286 g/mol. The zero-order chi connectivity index (χ0) is 15.7. The molecule has 0 aliphatic heterocycles. The largest absolute Gasteiger partial charge is 0.395 e. The molecule has 0 aliphatic rings. The van der Waals surface area contributed by atoms with Gasteiger partial charge in [-0.25, -0.2) is 0 Å². The second kappa shape index (κ2) is 7.84. The van der Waals surface area contributed by atoms with Crippen LogP contribution in [0, 0.1) is 0 Å². The third-order valence-corrected chi connectivity index (χ3v) is 3.34. The lowest BCUT2D eigenvalue weighted by Crippen LogP contribution is -2.06. The molecule has 3 aromatic rings. The number of nitrogens with zero attached hydrogens (tertiary/aromatic N) is 3. The van der Waals surface area contributed by atoms with Crippen LogP contribution in [-0.4, -0.2) is 22.3 Å². The standard InChI is InChI=1S/C19H17N3O/c1-2-7-17(8-3-1)19(18-9-5-12-21-15-18)22-23-13-10-16-6-4-11-20-14-16/h1-9,11-12,14-15H,10,13H2. The first kappa shape index (κ1) is 14.9. The molecule has 0 radical (unpaired) electrons. The minimum atomic E-state index is 0.502. The molecule has 0 saturated heterocycles. The highest BCUT2D eigenvalue weighted by Gasteiger charge is 2.07. The van der Waals surface area contributed by atoms with Crippen molar-refractivity contribution in [2.45, 2.75) is 6.42 Å². The highest BCUT2D eigenvalue weighted by Crippen LogP contribution is 2.10. The molecule has 23 heavy (non-hydrogen) atoms. The van der Waals surface area contributed by atoms with Crippen molar-refractivity contribution in [1.82, 2.24) is 9.97 Å². The summed E-state index contributed by atoms with van der Waals surface area (Å²) in [5.74, 6) is 0. The zero-order valence-corrected chi connectivity index (χ0v) is 12.7. The Labute approximate surface area is 135 Å². The van der Waals surface area contributed by atoms with Gasteiger partial charge in [0.05, 0.1) is 0 Å². The van der Waals surface area contributed by atoms with Gasteiger partial charge in [-0.3, -0.25) is 9.97 Å². The third-order valence-electron chi connectivity index (χ3n) is 3.34. The Bertz CT molecular complexity index is 702. The maximum absolute atomic E-state index is 5.54. The van der Waals surface area contributed by atoms with Crippen LogP contribution in [0.15, 0.2) is 84.5 Å². The van der Waals surface area contributed by atoms with E-state index in [1.165, 1.54) is 0 Å². The van der Waals surface area contributed by atoms with Crippen LogP contribution in [-0.2, 0) is 11.3 Å². The van der Waals surface area contributed by atoms with Gasteiger partial charge in [-0.15, -0.1) is 0 Å². The maximum Gasteiger partial charge on any atom is 0.121 e. The summed E-state index contributed by atoms with van der Waals surface area (Å²) in [5.41, 5.74) is 3.84. The van der Waals surface area contributed by atoms with Crippen molar-refractivity contribution in [2.24, 2.45) is 5.16 Å². The van der Waals surface area contributed by atoms with Crippen molar-refractivity contribution in [3.05, 3.63) is 96.1 Å². The molecule has 0 amide bonds. The number of aromatic nitrogens is 2. The summed E-state index contributed by atoms with van der Waals surface area (Å²) in [6, 6.07) is 17.8. The summed E-state index contributed by atoms with van der Waals surface area (Å²) in [5, 5.41) is 4.34. The number of hydrogen-bond acceptors (Lipinski definition) is 4. The van der Waals surface area contributed by atoms with Gasteiger partial charge < -0.3 is 4.84 Å². The van der Waals surface area contributed by atoms with E-state index < -0.39 is 0 Å². The van der Waals surface area contributed by atoms with E-state index in [0.717, 1.165) is 28.8 Å². The molecule has 0 saturated carbocycles. The van der Waals surface area contributed by atoms with Gasteiger partial charge in [-0.1, -0.05) is 41.6 Å². The van der Waals surface area contributed by atoms with Crippen LogP contribution < -0.4 is 0 Å². The molecule has 4 heteroatoms. The van der Waals surface area contributed by atoms with Crippen molar-refractivity contribution in [3.8, 4) is 0 Å². The SMILES string of the molecule is c1ccc(C(=NOCCc2cccnc2)c2cccnc2)cc1. The molecule has 114 valence electrons. The first-order valence-electron chi connectivity index (χ1n) is 7.48. The molecule has 0 fully saturated rings. The molecule has 0 bridgehead atoms. The number of benzene rings is 1. The number of oxime groups is 1. The Morgan fingerprint density at radius 3 is 2.26 bits per heavy atom. The predicted octanol–water partition coefficient (Wildman–Crippen LogP) is 3.49. The van der Waals surface area contributed by atoms with Crippen LogP contribution in [0.1, 0.15) is 16.7 Å². The molecule has 3 rings (SSSR count). The maximum atomic E-state index is 5.54. The molecule has 0 unspecified atom stereocenters. The second-order valence-corrected chi connectivity index (χ2v) is 4.99. The van der Waals surface area contributed by atoms with Gasteiger partial charge in [0.2, 0.25) is 0 Å². The third kappa shape index (κ3) is 4.23. The molecule has 2 heterocycles. The van der Waals surface area contributed by atoms with Gasteiger partial charge in [0, 0.05) is 42.3 Å². The topological polar surface area (TPSA) is 47.4 Å². The lowest BCUT2D eigenvalue weighted by atomic mass is 10.0. The molecule has 0 atom stereocenters. The monoisotopic (exact) mass is 303 g/mol. The van der Waals surface area contributed by atoms with Crippen LogP contribution in [0.4, 0.5) is 0 Å². The Morgan fingerprint density at radius 1 is 0.826 bits per heavy atom.